The molecule has 2 saturated heterocycles. The number of amides is 2. The van der Waals surface area contributed by atoms with Gasteiger partial charge in [0.1, 0.15) is 0 Å². The predicted octanol–water partition coefficient (Wildman–Crippen LogP) is 0.503. The first kappa shape index (κ1) is 14.3. The second-order valence-electron chi connectivity index (χ2n) is 5.81. The van der Waals surface area contributed by atoms with Gasteiger partial charge in [-0.2, -0.15) is 0 Å². The van der Waals surface area contributed by atoms with E-state index in [9.17, 15) is 9.59 Å². The van der Waals surface area contributed by atoms with Crippen molar-refractivity contribution in [2.75, 3.05) is 26.2 Å². The Hall–Kier alpha value is -1.10. The monoisotopic (exact) mass is 267 g/mol. The molecule has 0 radical (unpaired) electrons. The number of nitrogens with zero attached hydrogens (tertiary/aromatic N) is 1. The Labute approximate surface area is 115 Å². The van der Waals surface area contributed by atoms with Gasteiger partial charge >= 0.3 is 0 Å². The van der Waals surface area contributed by atoms with E-state index < -0.39 is 0 Å². The molecule has 2 atom stereocenters. The first-order valence-electron chi connectivity index (χ1n) is 7.44. The van der Waals surface area contributed by atoms with Crippen LogP contribution in [0.25, 0.3) is 0 Å². The number of likely N-dealkylation sites (tertiary alicyclic amines) is 1. The van der Waals surface area contributed by atoms with Gasteiger partial charge in [-0.3, -0.25) is 9.59 Å². The van der Waals surface area contributed by atoms with E-state index in [0.29, 0.717) is 19.4 Å². The van der Waals surface area contributed by atoms with Crippen LogP contribution < -0.4 is 10.6 Å². The van der Waals surface area contributed by atoms with Crippen molar-refractivity contribution in [3.05, 3.63) is 0 Å². The summed E-state index contributed by atoms with van der Waals surface area (Å²) in [5.41, 5.74) is 0. The van der Waals surface area contributed by atoms with Crippen LogP contribution in [0.15, 0.2) is 0 Å². The molecule has 2 heterocycles. The minimum atomic E-state index is -0.0542. The third-order valence-corrected chi connectivity index (χ3v) is 4.01. The van der Waals surface area contributed by atoms with E-state index >= 15 is 0 Å². The number of hydrogen-bond acceptors (Lipinski definition) is 3. The van der Waals surface area contributed by atoms with Crippen LogP contribution in [-0.2, 0) is 9.59 Å². The average Bonchev–Trinajstić information content (AvgIpc) is 2.40. The van der Waals surface area contributed by atoms with E-state index in [1.807, 2.05) is 0 Å². The average molecular weight is 267 g/mol. The van der Waals surface area contributed by atoms with E-state index in [4.69, 9.17) is 0 Å². The fourth-order valence-electron chi connectivity index (χ4n) is 2.89. The molecule has 0 aromatic heterocycles. The molecule has 2 amide bonds. The Morgan fingerprint density at radius 2 is 2.16 bits per heavy atom. The largest absolute Gasteiger partial charge is 0.355 e. The molecule has 19 heavy (non-hydrogen) atoms. The Kier molecular flexibility index (Phi) is 5.19. The number of nitrogens with one attached hydrogen (secondary N) is 2. The minimum Gasteiger partial charge on any atom is -0.355 e. The zero-order chi connectivity index (χ0) is 13.7. The smallest absolute Gasteiger partial charge is 0.225 e. The summed E-state index contributed by atoms with van der Waals surface area (Å²) in [6.07, 6.45) is 5.02. The highest BCUT2D eigenvalue weighted by atomic mass is 16.2. The van der Waals surface area contributed by atoms with Gasteiger partial charge < -0.3 is 15.5 Å². The van der Waals surface area contributed by atoms with Gasteiger partial charge in [-0.05, 0) is 39.3 Å². The Morgan fingerprint density at radius 1 is 1.42 bits per heavy atom. The maximum Gasteiger partial charge on any atom is 0.225 e. The lowest BCUT2D eigenvalue weighted by Gasteiger charge is -2.30. The molecule has 0 spiro atoms. The van der Waals surface area contributed by atoms with E-state index in [-0.39, 0.29) is 23.8 Å². The third-order valence-electron chi connectivity index (χ3n) is 4.01. The maximum atomic E-state index is 12.1. The SMILES string of the molecule is CC(CN1CCCCC1)NC(=O)C1CCC(=O)NC1. The minimum absolute atomic E-state index is 0.0542. The summed E-state index contributed by atoms with van der Waals surface area (Å²) >= 11 is 0. The van der Waals surface area contributed by atoms with E-state index in [1.165, 1.54) is 19.3 Å². The van der Waals surface area contributed by atoms with Gasteiger partial charge in [0.15, 0.2) is 0 Å². The lowest BCUT2D eigenvalue weighted by Crippen LogP contribution is -2.48. The number of carbonyl (C=O) groups is 2. The first-order valence-corrected chi connectivity index (χ1v) is 7.44. The third kappa shape index (κ3) is 4.49. The molecule has 2 aliphatic rings. The number of piperidine rings is 2. The van der Waals surface area contributed by atoms with Crippen LogP contribution in [0.1, 0.15) is 39.0 Å². The van der Waals surface area contributed by atoms with Gasteiger partial charge in [-0.25, -0.2) is 0 Å². The van der Waals surface area contributed by atoms with E-state index in [2.05, 4.69) is 22.5 Å². The summed E-state index contributed by atoms with van der Waals surface area (Å²) in [6, 6.07) is 0.184. The van der Waals surface area contributed by atoms with Crippen LogP contribution in [0.4, 0.5) is 0 Å². The molecule has 2 aliphatic heterocycles. The molecule has 0 aromatic carbocycles. The van der Waals surface area contributed by atoms with Gasteiger partial charge in [-0.15, -0.1) is 0 Å². The molecule has 0 aromatic rings. The summed E-state index contributed by atoms with van der Waals surface area (Å²) in [5, 5.41) is 5.84. The van der Waals surface area contributed by atoms with Crippen molar-refractivity contribution in [3.8, 4) is 0 Å². The fourth-order valence-corrected chi connectivity index (χ4v) is 2.89. The second kappa shape index (κ2) is 6.89. The highest BCUT2D eigenvalue weighted by Crippen LogP contribution is 2.12. The van der Waals surface area contributed by atoms with Gasteiger partial charge in [0.25, 0.3) is 0 Å². The number of carbonyl (C=O) groups excluding carboxylic acids is 2. The van der Waals surface area contributed by atoms with Crippen molar-refractivity contribution >= 4 is 11.8 Å². The van der Waals surface area contributed by atoms with Crippen molar-refractivity contribution in [2.45, 2.75) is 45.1 Å². The molecule has 0 aliphatic carbocycles. The zero-order valence-corrected chi connectivity index (χ0v) is 11.8. The Morgan fingerprint density at radius 3 is 2.79 bits per heavy atom. The van der Waals surface area contributed by atoms with Crippen LogP contribution in [-0.4, -0.2) is 48.9 Å². The first-order chi connectivity index (χ1) is 9.15. The molecule has 2 N–H and O–H groups in total. The summed E-state index contributed by atoms with van der Waals surface area (Å²) in [4.78, 5) is 25.6. The fraction of sp³-hybridized carbons (Fsp3) is 0.857. The predicted molar refractivity (Wildman–Crippen MR) is 73.6 cm³/mol. The maximum absolute atomic E-state index is 12.1. The van der Waals surface area contributed by atoms with Crippen LogP contribution in [0.3, 0.4) is 0 Å². The summed E-state index contributed by atoms with van der Waals surface area (Å²) in [5.74, 6) is 0.0939. The molecule has 0 saturated carbocycles. The van der Waals surface area contributed by atoms with Gasteiger partial charge in [-0.1, -0.05) is 6.42 Å². The Balaban J connectivity index is 1.70. The lowest BCUT2D eigenvalue weighted by molar-refractivity contribution is -0.129. The summed E-state index contributed by atoms with van der Waals surface area (Å²) < 4.78 is 0. The lowest BCUT2D eigenvalue weighted by atomic mass is 9.98. The highest BCUT2D eigenvalue weighted by Gasteiger charge is 2.25. The molecule has 2 unspecified atom stereocenters. The van der Waals surface area contributed by atoms with E-state index in [0.717, 1.165) is 19.6 Å². The molecular weight excluding hydrogens is 242 g/mol. The van der Waals surface area contributed by atoms with Crippen LogP contribution in [0, 0.1) is 5.92 Å². The standard InChI is InChI=1S/C14H25N3O2/c1-11(10-17-7-3-2-4-8-17)16-14(19)12-5-6-13(18)15-9-12/h11-12H,2-10H2,1H3,(H,15,18)(H,16,19). The van der Waals surface area contributed by atoms with Crippen LogP contribution in [0.5, 0.6) is 0 Å². The normalized spacial score (nSPS) is 26.6. The molecule has 0 bridgehead atoms. The number of hydrogen-bond donors (Lipinski definition) is 2. The van der Waals surface area contributed by atoms with Crippen LogP contribution >= 0.6 is 0 Å². The number of rotatable bonds is 4. The molecule has 2 rings (SSSR count). The summed E-state index contributed by atoms with van der Waals surface area (Å²) in [7, 11) is 0. The molecule has 5 nitrogen and oxygen atoms in total. The van der Waals surface area contributed by atoms with Crippen molar-refractivity contribution < 1.29 is 9.59 Å². The van der Waals surface area contributed by atoms with E-state index in [1.54, 1.807) is 0 Å². The van der Waals surface area contributed by atoms with Gasteiger partial charge in [0.05, 0.1) is 5.92 Å². The molecule has 2 fully saturated rings. The van der Waals surface area contributed by atoms with Crippen molar-refractivity contribution in [2.24, 2.45) is 5.92 Å². The quantitative estimate of drug-likeness (QED) is 0.780. The second-order valence-corrected chi connectivity index (χ2v) is 5.81. The summed E-state index contributed by atoms with van der Waals surface area (Å²) in [6.45, 7) is 5.79. The van der Waals surface area contributed by atoms with Crippen LogP contribution in [0.2, 0.25) is 0 Å². The topological polar surface area (TPSA) is 61.4 Å². The highest BCUT2D eigenvalue weighted by molar-refractivity contribution is 5.83. The van der Waals surface area contributed by atoms with Crippen molar-refractivity contribution in [3.63, 3.8) is 0 Å². The molecular formula is C14H25N3O2. The molecule has 108 valence electrons. The zero-order valence-electron chi connectivity index (χ0n) is 11.8. The van der Waals surface area contributed by atoms with Crippen molar-refractivity contribution in [1.82, 2.24) is 15.5 Å². The van der Waals surface area contributed by atoms with Crippen molar-refractivity contribution in [1.29, 1.82) is 0 Å². The van der Waals surface area contributed by atoms with Gasteiger partial charge in [0, 0.05) is 25.6 Å². The van der Waals surface area contributed by atoms with Gasteiger partial charge in [0.2, 0.25) is 11.8 Å². The Bertz CT molecular complexity index is 317. The molecule has 5 heteroatoms.